The molecule has 3 aromatic rings. The second kappa shape index (κ2) is 7.54. The van der Waals surface area contributed by atoms with Gasteiger partial charge in [-0.1, -0.05) is 72.8 Å². The van der Waals surface area contributed by atoms with E-state index in [0.717, 1.165) is 28.0 Å². The van der Waals surface area contributed by atoms with Crippen molar-refractivity contribution in [2.75, 3.05) is 6.54 Å². The van der Waals surface area contributed by atoms with Crippen LogP contribution in [0.25, 0.3) is 11.1 Å². The molecule has 0 aromatic heterocycles. The summed E-state index contributed by atoms with van der Waals surface area (Å²) in [6.07, 6.45) is -0.398. The van der Waals surface area contributed by atoms with E-state index >= 15 is 0 Å². The largest absolute Gasteiger partial charge is 0.488 e. The third-order valence-electron chi connectivity index (χ3n) is 4.85. The smallest absolute Gasteiger partial charge is 0.407 e. The highest BCUT2D eigenvalue weighted by Crippen LogP contribution is 2.37. The number of amides is 1. The molecule has 0 radical (unpaired) electrons. The summed E-state index contributed by atoms with van der Waals surface area (Å²) in [6.45, 7) is 0.699. The van der Waals surface area contributed by atoms with E-state index in [0.29, 0.717) is 19.5 Å². The van der Waals surface area contributed by atoms with Gasteiger partial charge in [0.25, 0.3) is 0 Å². The minimum absolute atomic E-state index is 0.176. The first-order valence-electron chi connectivity index (χ1n) is 9.06. The third kappa shape index (κ3) is 3.80. The maximum absolute atomic E-state index is 11.7. The number of hydrogen-bond acceptors (Lipinski definition) is 2. The van der Waals surface area contributed by atoms with Crippen LogP contribution in [-0.2, 0) is 13.0 Å². The number of carboxylic acid groups (broad SMARTS) is 1. The molecule has 0 spiro atoms. The Morgan fingerprint density at radius 1 is 0.963 bits per heavy atom. The molecule has 4 rings (SSSR count). The van der Waals surface area contributed by atoms with E-state index in [1.165, 1.54) is 4.90 Å². The summed E-state index contributed by atoms with van der Waals surface area (Å²) in [4.78, 5) is 13.1. The van der Waals surface area contributed by atoms with Gasteiger partial charge < -0.3 is 14.7 Å². The number of benzene rings is 3. The fraction of sp³-hybridized carbons (Fsp3) is 0.174. The predicted octanol–water partition coefficient (Wildman–Crippen LogP) is 4.84. The highest BCUT2D eigenvalue weighted by molar-refractivity contribution is 5.71. The van der Waals surface area contributed by atoms with E-state index in [-0.39, 0.29) is 6.10 Å². The van der Waals surface area contributed by atoms with Crippen molar-refractivity contribution in [3.63, 3.8) is 0 Å². The van der Waals surface area contributed by atoms with Crippen molar-refractivity contribution in [2.24, 2.45) is 0 Å². The van der Waals surface area contributed by atoms with E-state index < -0.39 is 6.09 Å². The minimum Gasteiger partial charge on any atom is -0.488 e. The fourth-order valence-electron chi connectivity index (χ4n) is 3.59. The van der Waals surface area contributed by atoms with Gasteiger partial charge in [-0.25, -0.2) is 4.79 Å². The van der Waals surface area contributed by atoms with Gasteiger partial charge in [0.15, 0.2) is 0 Å². The topological polar surface area (TPSA) is 49.8 Å². The number of ether oxygens (including phenoxy) is 1. The van der Waals surface area contributed by atoms with Crippen LogP contribution in [0.4, 0.5) is 4.79 Å². The lowest BCUT2D eigenvalue weighted by Gasteiger charge is -2.22. The van der Waals surface area contributed by atoms with Crippen LogP contribution in [0.15, 0.2) is 78.9 Å². The van der Waals surface area contributed by atoms with Crippen LogP contribution in [0.1, 0.15) is 11.1 Å². The lowest BCUT2D eigenvalue weighted by molar-refractivity contribution is 0.113. The van der Waals surface area contributed by atoms with Crippen LogP contribution in [0.5, 0.6) is 5.75 Å². The first kappa shape index (κ1) is 17.2. The van der Waals surface area contributed by atoms with Gasteiger partial charge in [-0.05, 0) is 22.8 Å². The molecule has 1 aliphatic rings. The number of nitrogens with zero attached hydrogens (tertiary/aromatic N) is 1. The first-order chi connectivity index (χ1) is 13.2. The quantitative estimate of drug-likeness (QED) is 0.709. The molecule has 4 nitrogen and oxygen atoms in total. The van der Waals surface area contributed by atoms with Gasteiger partial charge in [-0.15, -0.1) is 0 Å². The second-order valence-corrected chi connectivity index (χ2v) is 6.74. The molecule has 0 aliphatic carbocycles. The Bertz CT molecular complexity index is 925. The molecule has 0 bridgehead atoms. The van der Waals surface area contributed by atoms with E-state index in [2.05, 4.69) is 18.2 Å². The fourth-order valence-corrected chi connectivity index (χ4v) is 3.59. The lowest BCUT2D eigenvalue weighted by Crippen LogP contribution is -2.37. The monoisotopic (exact) mass is 359 g/mol. The zero-order chi connectivity index (χ0) is 18.6. The van der Waals surface area contributed by atoms with Gasteiger partial charge in [0.05, 0.1) is 6.54 Å². The van der Waals surface area contributed by atoms with Crippen LogP contribution in [0.2, 0.25) is 0 Å². The summed E-state index contributed by atoms with van der Waals surface area (Å²) in [5.74, 6) is 0.853. The molecular weight excluding hydrogens is 338 g/mol. The standard InChI is InChI=1S/C23H21NO3/c25-23(26)24(15-17-8-3-1-4-9-17)16-19-14-21-20(12-7-13-22(21)27-19)18-10-5-2-6-11-18/h1-13,19H,14-16H2,(H,25,26). The lowest BCUT2D eigenvalue weighted by atomic mass is 9.97. The van der Waals surface area contributed by atoms with Gasteiger partial charge in [0.1, 0.15) is 11.9 Å². The summed E-state index contributed by atoms with van der Waals surface area (Å²) in [6, 6.07) is 25.9. The highest BCUT2D eigenvalue weighted by Gasteiger charge is 2.28. The van der Waals surface area contributed by atoms with Crippen molar-refractivity contribution in [1.82, 2.24) is 4.90 Å². The molecule has 27 heavy (non-hydrogen) atoms. The summed E-state index contributed by atoms with van der Waals surface area (Å²) >= 11 is 0. The zero-order valence-corrected chi connectivity index (χ0v) is 14.9. The maximum atomic E-state index is 11.7. The van der Waals surface area contributed by atoms with E-state index in [4.69, 9.17) is 4.74 Å². The van der Waals surface area contributed by atoms with Crippen molar-refractivity contribution in [3.05, 3.63) is 90.0 Å². The van der Waals surface area contributed by atoms with Crippen molar-refractivity contribution >= 4 is 6.09 Å². The summed E-state index contributed by atoms with van der Waals surface area (Å²) < 4.78 is 6.08. The Hall–Kier alpha value is -3.27. The summed E-state index contributed by atoms with van der Waals surface area (Å²) in [7, 11) is 0. The van der Waals surface area contributed by atoms with Crippen LogP contribution in [0, 0.1) is 0 Å². The number of rotatable bonds is 5. The van der Waals surface area contributed by atoms with Gasteiger partial charge >= 0.3 is 6.09 Å². The molecule has 1 amide bonds. The van der Waals surface area contributed by atoms with Crippen molar-refractivity contribution in [2.45, 2.75) is 19.1 Å². The molecule has 1 N–H and O–H groups in total. The average Bonchev–Trinajstić information content (AvgIpc) is 3.11. The van der Waals surface area contributed by atoms with Gasteiger partial charge in [0, 0.05) is 18.5 Å². The minimum atomic E-state index is -0.929. The molecule has 0 saturated carbocycles. The molecule has 1 atom stereocenters. The van der Waals surface area contributed by atoms with Crippen molar-refractivity contribution < 1.29 is 14.6 Å². The molecule has 0 fully saturated rings. The van der Waals surface area contributed by atoms with Crippen molar-refractivity contribution in [1.29, 1.82) is 0 Å². The average molecular weight is 359 g/mol. The predicted molar refractivity (Wildman–Crippen MR) is 105 cm³/mol. The Labute approximate surface area is 158 Å². The maximum Gasteiger partial charge on any atom is 0.407 e. The second-order valence-electron chi connectivity index (χ2n) is 6.74. The van der Waals surface area contributed by atoms with Gasteiger partial charge in [0.2, 0.25) is 0 Å². The molecule has 4 heteroatoms. The molecule has 136 valence electrons. The molecule has 1 heterocycles. The van der Waals surface area contributed by atoms with Gasteiger partial charge in [-0.2, -0.15) is 0 Å². The molecule has 0 saturated heterocycles. The normalized spacial score (nSPS) is 15.0. The Kier molecular flexibility index (Phi) is 4.79. The SMILES string of the molecule is O=C(O)N(Cc1ccccc1)CC1Cc2c(cccc2-c2ccccc2)O1. The number of fused-ring (bicyclic) bond motifs is 1. The Morgan fingerprint density at radius 2 is 1.67 bits per heavy atom. The summed E-state index contributed by atoms with van der Waals surface area (Å²) in [5, 5.41) is 9.61. The first-order valence-corrected chi connectivity index (χ1v) is 9.06. The number of carbonyl (C=O) groups is 1. The van der Waals surface area contributed by atoms with Crippen LogP contribution in [0.3, 0.4) is 0 Å². The Morgan fingerprint density at radius 3 is 2.37 bits per heavy atom. The van der Waals surface area contributed by atoms with E-state index in [1.54, 1.807) is 0 Å². The van der Waals surface area contributed by atoms with Crippen LogP contribution in [-0.4, -0.2) is 28.7 Å². The van der Waals surface area contributed by atoms with Crippen LogP contribution < -0.4 is 4.74 Å². The third-order valence-corrected chi connectivity index (χ3v) is 4.85. The Balaban J connectivity index is 1.52. The van der Waals surface area contributed by atoms with E-state index in [1.807, 2.05) is 60.7 Å². The molecular formula is C23H21NO3. The highest BCUT2D eigenvalue weighted by atomic mass is 16.5. The molecule has 1 unspecified atom stereocenters. The molecule has 3 aromatic carbocycles. The van der Waals surface area contributed by atoms with E-state index in [9.17, 15) is 9.90 Å². The number of hydrogen-bond donors (Lipinski definition) is 1. The zero-order valence-electron chi connectivity index (χ0n) is 14.9. The molecule has 1 aliphatic heterocycles. The summed E-state index contributed by atoms with van der Waals surface area (Å²) in [5.41, 5.74) is 4.43. The van der Waals surface area contributed by atoms with Crippen LogP contribution >= 0.6 is 0 Å². The van der Waals surface area contributed by atoms with Crippen molar-refractivity contribution in [3.8, 4) is 16.9 Å². The van der Waals surface area contributed by atoms with Gasteiger partial charge in [-0.3, -0.25) is 0 Å².